The summed E-state index contributed by atoms with van der Waals surface area (Å²) < 4.78 is 5.65. The predicted octanol–water partition coefficient (Wildman–Crippen LogP) is 3.18. The molecule has 0 saturated carbocycles. The van der Waals surface area contributed by atoms with Crippen LogP contribution in [0.3, 0.4) is 0 Å². The number of carbonyl (C=O) groups excluding carboxylic acids is 1. The molecule has 5 nitrogen and oxygen atoms in total. The fourth-order valence-corrected chi connectivity index (χ4v) is 1.60. The lowest BCUT2D eigenvalue weighted by Gasteiger charge is -2.18. The van der Waals surface area contributed by atoms with E-state index in [-0.39, 0.29) is 30.7 Å². The second-order valence-corrected chi connectivity index (χ2v) is 5.31. The normalized spacial score (nSPS) is 10.0. The summed E-state index contributed by atoms with van der Waals surface area (Å²) in [4.78, 5) is 16.0. The van der Waals surface area contributed by atoms with Gasteiger partial charge in [0.2, 0.25) is 5.91 Å². The highest BCUT2D eigenvalue weighted by molar-refractivity contribution is 5.97. The van der Waals surface area contributed by atoms with Crippen molar-refractivity contribution < 1.29 is 9.53 Å². The first-order chi connectivity index (χ1) is 9.95. The van der Waals surface area contributed by atoms with Crippen molar-refractivity contribution >= 4 is 36.4 Å². The zero-order chi connectivity index (χ0) is 15.3. The van der Waals surface area contributed by atoms with Crippen LogP contribution in [-0.4, -0.2) is 16.4 Å². The fourth-order valence-electron chi connectivity index (χ4n) is 1.60. The predicted molar refractivity (Wildman–Crippen MR) is 96.4 cm³/mol. The molecule has 0 radical (unpaired) electrons. The maximum atomic E-state index is 11.8. The number of anilines is 1. The molecule has 1 amide bonds. The highest BCUT2D eigenvalue weighted by atomic mass is 35.5. The van der Waals surface area contributed by atoms with Gasteiger partial charge in [0.25, 0.3) is 0 Å². The van der Waals surface area contributed by atoms with E-state index < -0.39 is 5.54 Å². The minimum Gasteiger partial charge on any atom is -0.487 e. The SMILES string of the molecule is CC(C)(N)C(=O)Nc1cccc(OCc2ccccn2)c1.Cl.Cl. The molecule has 0 atom stereocenters. The lowest BCUT2D eigenvalue weighted by molar-refractivity contribution is -0.120. The number of nitrogens with one attached hydrogen (secondary N) is 1. The maximum absolute atomic E-state index is 11.8. The zero-order valence-corrected chi connectivity index (χ0v) is 14.6. The van der Waals surface area contributed by atoms with Crippen molar-refractivity contribution in [1.82, 2.24) is 4.98 Å². The van der Waals surface area contributed by atoms with Gasteiger partial charge in [0, 0.05) is 18.0 Å². The summed E-state index contributed by atoms with van der Waals surface area (Å²) in [7, 11) is 0. The third-order valence-electron chi connectivity index (χ3n) is 2.79. The molecule has 1 aromatic carbocycles. The third-order valence-corrected chi connectivity index (χ3v) is 2.79. The van der Waals surface area contributed by atoms with Crippen LogP contribution in [0, 0.1) is 0 Å². The first-order valence-corrected chi connectivity index (χ1v) is 6.68. The highest BCUT2D eigenvalue weighted by Crippen LogP contribution is 2.19. The summed E-state index contributed by atoms with van der Waals surface area (Å²) in [6, 6.07) is 12.8. The average molecular weight is 358 g/mol. The molecular weight excluding hydrogens is 337 g/mol. The Morgan fingerprint density at radius 1 is 1.22 bits per heavy atom. The van der Waals surface area contributed by atoms with Crippen molar-refractivity contribution in [2.75, 3.05) is 5.32 Å². The van der Waals surface area contributed by atoms with E-state index in [9.17, 15) is 4.79 Å². The summed E-state index contributed by atoms with van der Waals surface area (Å²) in [5, 5.41) is 2.76. The van der Waals surface area contributed by atoms with Gasteiger partial charge in [-0.05, 0) is 38.1 Å². The summed E-state index contributed by atoms with van der Waals surface area (Å²) in [5.41, 5.74) is 6.31. The Morgan fingerprint density at radius 2 is 1.96 bits per heavy atom. The van der Waals surface area contributed by atoms with E-state index in [1.165, 1.54) is 0 Å². The summed E-state index contributed by atoms with van der Waals surface area (Å²) >= 11 is 0. The van der Waals surface area contributed by atoms with Crippen LogP contribution in [0.2, 0.25) is 0 Å². The first kappa shape index (κ1) is 21.2. The van der Waals surface area contributed by atoms with Gasteiger partial charge in [-0.15, -0.1) is 24.8 Å². The topological polar surface area (TPSA) is 77.2 Å². The number of carbonyl (C=O) groups is 1. The molecule has 1 aromatic heterocycles. The number of ether oxygens (including phenoxy) is 1. The average Bonchev–Trinajstić information content (AvgIpc) is 2.46. The number of nitrogens with zero attached hydrogens (tertiary/aromatic N) is 1. The van der Waals surface area contributed by atoms with E-state index in [4.69, 9.17) is 10.5 Å². The number of aromatic nitrogens is 1. The standard InChI is InChI=1S/C16H19N3O2.2ClH/c1-16(2,17)15(20)19-12-7-5-8-14(10-12)21-11-13-6-3-4-9-18-13;;/h3-10H,11,17H2,1-2H3,(H,19,20);2*1H. The minimum atomic E-state index is -0.926. The smallest absolute Gasteiger partial charge is 0.243 e. The number of amides is 1. The van der Waals surface area contributed by atoms with Crippen LogP contribution in [0.1, 0.15) is 19.5 Å². The maximum Gasteiger partial charge on any atom is 0.243 e. The Hall–Kier alpha value is -1.82. The van der Waals surface area contributed by atoms with Crippen molar-refractivity contribution in [2.24, 2.45) is 5.73 Å². The van der Waals surface area contributed by atoms with Gasteiger partial charge in [0.05, 0.1) is 11.2 Å². The van der Waals surface area contributed by atoms with E-state index in [0.29, 0.717) is 18.0 Å². The van der Waals surface area contributed by atoms with Gasteiger partial charge in [-0.1, -0.05) is 12.1 Å². The van der Waals surface area contributed by atoms with Crippen LogP contribution in [0.25, 0.3) is 0 Å². The molecule has 0 saturated heterocycles. The van der Waals surface area contributed by atoms with E-state index in [0.717, 1.165) is 5.69 Å². The molecule has 1 heterocycles. The van der Waals surface area contributed by atoms with Gasteiger partial charge < -0.3 is 15.8 Å². The molecule has 2 rings (SSSR count). The molecule has 0 spiro atoms. The summed E-state index contributed by atoms with van der Waals surface area (Å²) in [6.07, 6.45) is 1.72. The Bertz CT molecular complexity index is 616. The van der Waals surface area contributed by atoms with Crippen LogP contribution in [0.15, 0.2) is 48.7 Å². The Balaban J connectivity index is 0.00000242. The molecule has 3 N–H and O–H groups in total. The van der Waals surface area contributed by atoms with Crippen molar-refractivity contribution in [3.05, 3.63) is 54.4 Å². The van der Waals surface area contributed by atoms with Gasteiger partial charge in [-0.3, -0.25) is 9.78 Å². The van der Waals surface area contributed by atoms with Crippen molar-refractivity contribution in [3.63, 3.8) is 0 Å². The molecule has 0 bridgehead atoms. The third kappa shape index (κ3) is 6.86. The fraction of sp³-hybridized carbons (Fsp3) is 0.250. The molecule has 0 unspecified atom stereocenters. The Morgan fingerprint density at radius 3 is 2.57 bits per heavy atom. The second-order valence-electron chi connectivity index (χ2n) is 5.31. The van der Waals surface area contributed by atoms with Crippen molar-refractivity contribution in [2.45, 2.75) is 26.0 Å². The van der Waals surface area contributed by atoms with E-state index >= 15 is 0 Å². The molecule has 0 aliphatic rings. The minimum absolute atomic E-state index is 0. The van der Waals surface area contributed by atoms with Gasteiger partial charge in [0.15, 0.2) is 0 Å². The lowest BCUT2D eigenvalue weighted by atomic mass is 10.1. The van der Waals surface area contributed by atoms with Crippen LogP contribution < -0.4 is 15.8 Å². The zero-order valence-electron chi connectivity index (χ0n) is 13.0. The largest absolute Gasteiger partial charge is 0.487 e. The molecule has 7 heteroatoms. The van der Waals surface area contributed by atoms with E-state index in [1.807, 2.05) is 30.3 Å². The Kier molecular flexibility index (Phi) is 8.61. The Labute approximate surface area is 148 Å². The number of nitrogens with two attached hydrogens (primary N) is 1. The van der Waals surface area contributed by atoms with Gasteiger partial charge in [0.1, 0.15) is 12.4 Å². The molecule has 23 heavy (non-hydrogen) atoms. The molecule has 2 aromatic rings. The molecule has 0 aliphatic heterocycles. The quantitative estimate of drug-likeness (QED) is 0.861. The summed E-state index contributed by atoms with van der Waals surface area (Å²) in [5.74, 6) is 0.414. The molecule has 0 aliphatic carbocycles. The van der Waals surface area contributed by atoms with Gasteiger partial charge in [-0.2, -0.15) is 0 Å². The van der Waals surface area contributed by atoms with Crippen LogP contribution >= 0.6 is 24.8 Å². The first-order valence-electron chi connectivity index (χ1n) is 6.68. The highest BCUT2D eigenvalue weighted by Gasteiger charge is 2.21. The number of hydrogen-bond acceptors (Lipinski definition) is 4. The molecular formula is C16H21Cl2N3O2. The monoisotopic (exact) mass is 357 g/mol. The van der Waals surface area contributed by atoms with Gasteiger partial charge in [-0.25, -0.2) is 0 Å². The van der Waals surface area contributed by atoms with Crippen LogP contribution in [0.4, 0.5) is 5.69 Å². The number of hydrogen-bond donors (Lipinski definition) is 2. The molecule has 126 valence electrons. The lowest BCUT2D eigenvalue weighted by Crippen LogP contribution is -2.45. The van der Waals surface area contributed by atoms with Crippen LogP contribution in [0.5, 0.6) is 5.75 Å². The van der Waals surface area contributed by atoms with Gasteiger partial charge >= 0.3 is 0 Å². The number of halogens is 2. The molecule has 0 fully saturated rings. The van der Waals surface area contributed by atoms with E-state index in [2.05, 4.69) is 10.3 Å². The number of pyridine rings is 1. The van der Waals surface area contributed by atoms with Crippen LogP contribution in [-0.2, 0) is 11.4 Å². The van der Waals surface area contributed by atoms with Crippen molar-refractivity contribution in [3.8, 4) is 5.75 Å². The van der Waals surface area contributed by atoms with Crippen molar-refractivity contribution in [1.29, 1.82) is 0 Å². The van der Waals surface area contributed by atoms with E-state index in [1.54, 1.807) is 32.2 Å². The number of rotatable bonds is 5. The summed E-state index contributed by atoms with van der Waals surface area (Å²) in [6.45, 7) is 3.69. The second kappa shape index (κ2) is 9.35. The number of benzene rings is 1.